The number of rotatable bonds is 9. The number of aliphatic hydroxyl groups is 2. The highest BCUT2D eigenvalue weighted by molar-refractivity contribution is 8.00. The van der Waals surface area contributed by atoms with E-state index in [0.29, 0.717) is 22.5 Å². The van der Waals surface area contributed by atoms with Gasteiger partial charge in [-0.05, 0) is 43.6 Å². The minimum Gasteiger partial charge on any atom is -0.394 e. The Morgan fingerprint density at radius 2 is 2.00 bits per heavy atom. The summed E-state index contributed by atoms with van der Waals surface area (Å²) in [6.07, 6.45) is 5.58. The van der Waals surface area contributed by atoms with Crippen molar-refractivity contribution in [1.29, 1.82) is 0 Å². The highest BCUT2D eigenvalue weighted by Crippen LogP contribution is 2.43. The molecule has 0 heterocycles. The first-order valence-electron chi connectivity index (χ1n) is 8.58. The SMILES string of the molecule is CCCNC1CCC(C(C)(C)CC)CC1SCC(O)CO. The average molecular weight is 318 g/mol. The molecule has 0 radical (unpaired) electrons. The van der Waals surface area contributed by atoms with Gasteiger partial charge in [0.05, 0.1) is 12.7 Å². The first-order valence-corrected chi connectivity index (χ1v) is 9.63. The lowest BCUT2D eigenvalue weighted by molar-refractivity contribution is 0.113. The van der Waals surface area contributed by atoms with Gasteiger partial charge in [-0.25, -0.2) is 0 Å². The molecule has 3 N–H and O–H groups in total. The van der Waals surface area contributed by atoms with Crippen molar-refractivity contribution in [1.82, 2.24) is 5.32 Å². The summed E-state index contributed by atoms with van der Waals surface area (Å²) in [6.45, 7) is 10.2. The molecule has 0 spiro atoms. The Bertz CT molecular complexity index is 286. The predicted molar refractivity (Wildman–Crippen MR) is 92.8 cm³/mol. The summed E-state index contributed by atoms with van der Waals surface area (Å²) in [5.74, 6) is 1.41. The lowest BCUT2D eigenvalue weighted by atomic mass is 9.68. The topological polar surface area (TPSA) is 52.5 Å². The van der Waals surface area contributed by atoms with Gasteiger partial charge in [0, 0.05) is 17.0 Å². The van der Waals surface area contributed by atoms with E-state index < -0.39 is 6.10 Å². The summed E-state index contributed by atoms with van der Waals surface area (Å²) in [6, 6.07) is 0.560. The summed E-state index contributed by atoms with van der Waals surface area (Å²) >= 11 is 1.85. The van der Waals surface area contributed by atoms with Crippen molar-refractivity contribution < 1.29 is 10.2 Å². The van der Waals surface area contributed by atoms with Gasteiger partial charge in [0.25, 0.3) is 0 Å². The van der Waals surface area contributed by atoms with Crippen molar-refractivity contribution in [2.45, 2.75) is 77.2 Å². The number of nitrogens with one attached hydrogen (secondary N) is 1. The Morgan fingerprint density at radius 3 is 2.57 bits per heavy atom. The fourth-order valence-corrected chi connectivity index (χ4v) is 4.57. The van der Waals surface area contributed by atoms with Crippen LogP contribution in [0.4, 0.5) is 0 Å². The van der Waals surface area contributed by atoms with E-state index in [1.807, 2.05) is 11.8 Å². The molecule has 1 rings (SSSR count). The highest BCUT2D eigenvalue weighted by atomic mass is 32.2. The minimum absolute atomic E-state index is 0.128. The van der Waals surface area contributed by atoms with E-state index in [2.05, 4.69) is 33.0 Å². The summed E-state index contributed by atoms with van der Waals surface area (Å²) in [5.41, 5.74) is 0.407. The number of thioether (sulfide) groups is 1. The molecule has 0 aliphatic heterocycles. The normalized spacial score (nSPS) is 28.6. The summed E-state index contributed by atoms with van der Waals surface area (Å²) in [7, 11) is 0. The van der Waals surface area contributed by atoms with Crippen LogP contribution in [0.15, 0.2) is 0 Å². The Morgan fingerprint density at radius 1 is 1.29 bits per heavy atom. The van der Waals surface area contributed by atoms with Crippen LogP contribution in [0.5, 0.6) is 0 Å². The smallest absolute Gasteiger partial charge is 0.0861 e. The molecule has 0 bridgehead atoms. The van der Waals surface area contributed by atoms with Crippen LogP contribution in [0.1, 0.15) is 59.8 Å². The third kappa shape index (κ3) is 6.09. The fourth-order valence-electron chi connectivity index (χ4n) is 3.16. The third-order valence-electron chi connectivity index (χ3n) is 5.18. The highest BCUT2D eigenvalue weighted by Gasteiger charge is 2.37. The Balaban J connectivity index is 2.62. The number of aliphatic hydroxyl groups excluding tert-OH is 2. The molecule has 0 aromatic carbocycles. The second-order valence-electron chi connectivity index (χ2n) is 7.12. The van der Waals surface area contributed by atoms with Gasteiger partial charge < -0.3 is 15.5 Å². The standard InChI is InChI=1S/C17H35NO2S/c1-5-9-18-15-8-7-13(17(3,4)6-2)10-16(15)21-12-14(20)11-19/h13-16,18-20H,5-12H2,1-4H3. The predicted octanol–water partition coefficient (Wildman–Crippen LogP) is 3.05. The van der Waals surface area contributed by atoms with Gasteiger partial charge >= 0.3 is 0 Å². The lowest BCUT2D eigenvalue weighted by Crippen LogP contribution is -2.45. The summed E-state index contributed by atoms with van der Waals surface area (Å²) < 4.78 is 0. The van der Waals surface area contributed by atoms with Crippen molar-refractivity contribution in [3.8, 4) is 0 Å². The molecular formula is C17H35NO2S. The van der Waals surface area contributed by atoms with E-state index in [-0.39, 0.29) is 6.61 Å². The Kier molecular flexibility index (Phi) is 8.62. The Hall–Kier alpha value is 0.230. The van der Waals surface area contributed by atoms with Crippen molar-refractivity contribution in [3.63, 3.8) is 0 Å². The van der Waals surface area contributed by atoms with Gasteiger partial charge in [-0.15, -0.1) is 0 Å². The van der Waals surface area contributed by atoms with E-state index in [9.17, 15) is 5.11 Å². The molecule has 126 valence electrons. The first kappa shape index (κ1) is 19.3. The summed E-state index contributed by atoms with van der Waals surface area (Å²) in [4.78, 5) is 0. The maximum atomic E-state index is 9.63. The van der Waals surface area contributed by atoms with Crippen LogP contribution >= 0.6 is 11.8 Å². The van der Waals surface area contributed by atoms with Crippen LogP contribution in [-0.4, -0.2) is 46.5 Å². The molecule has 0 saturated heterocycles. The van der Waals surface area contributed by atoms with Crippen molar-refractivity contribution >= 4 is 11.8 Å². The van der Waals surface area contributed by atoms with Gasteiger partial charge in [-0.1, -0.05) is 34.1 Å². The zero-order chi connectivity index (χ0) is 15.9. The van der Waals surface area contributed by atoms with Gasteiger partial charge in [0.1, 0.15) is 0 Å². The van der Waals surface area contributed by atoms with Crippen molar-refractivity contribution in [2.24, 2.45) is 11.3 Å². The first-order chi connectivity index (χ1) is 9.94. The zero-order valence-electron chi connectivity index (χ0n) is 14.3. The van der Waals surface area contributed by atoms with Crippen LogP contribution < -0.4 is 5.32 Å². The molecule has 1 aliphatic carbocycles. The second-order valence-corrected chi connectivity index (χ2v) is 8.39. The average Bonchev–Trinajstić information content (AvgIpc) is 2.50. The number of hydrogen-bond donors (Lipinski definition) is 3. The van der Waals surface area contributed by atoms with E-state index in [1.165, 1.54) is 25.7 Å². The van der Waals surface area contributed by atoms with Gasteiger partial charge in [0.2, 0.25) is 0 Å². The molecule has 3 nitrogen and oxygen atoms in total. The quantitative estimate of drug-likeness (QED) is 0.612. The molecule has 0 aromatic rings. The van der Waals surface area contributed by atoms with Gasteiger partial charge in [-0.2, -0.15) is 11.8 Å². The van der Waals surface area contributed by atoms with E-state index in [1.54, 1.807) is 0 Å². The van der Waals surface area contributed by atoms with Crippen molar-refractivity contribution in [3.05, 3.63) is 0 Å². The van der Waals surface area contributed by atoms with Crippen LogP contribution in [0.3, 0.4) is 0 Å². The van der Waals surface area contributed by atoms with E-state index >= 15 is 0 Å². The van der Waals surface area contributed by atoms with E-state index in [4.69, 9.17) is 5.11 Å². The third-order valence-corrected chi connectivity index (χ3v) is 6.70. The van der Waals surface area contributed by atoms with Gasteiger partial charge in [0.15, 0.2) is 0 Å². The molecule has 4 unspecified atom stereocenters. The van der Waals surface area contributed by atoms with Crippen molar-refractivity contribution in [2.75, 3.05) is 18.9 Å². The molecular weight excluding hydrogens is 282 g/mol. The molecule has 1 fully saturated rings. The molecule has 1 aliphatic rings. The second kappa shape index (κ2) is 9.39. The van der Waals surface area contributed by atoms with Crippen LogP contribution in [-0.2, 0) is 0 Å². The Labute approximate surface area is 135 Å². The van der Waals surface area contributed by atoms with Gasteiger partial charge in [-0.3, -0.25) is 0 Å². The van der Waals surface area contributed by atoms with Crippen LogP contribution in [0.25, 0.3) is 0 Å². The zero-order valence-corrected chi connectivity index (χ0v) is 15.1. The van der Waals surface area contributed by atoms with E-state index in [0.717, 1.165) is 18.9 Å². The van der Waals surface area contributed by atoms with Crippen LogP contribution in [0, 0.1) is 11.3 Å². The maximum Gasteiger partial charge on any atom is 0.0861 e. The molecule has 21 heavy (non-hydrogen) atoms. The molecule has 4 heteroatoms. The van der Waals surface area contributed by atoms with Crippen LogP contribution in [0.2, 0.25) is 0 Å². The molecule has 0 amide bonds. The molecule has 0 aromatic heterocycles. The largest absolute Gasteiger partial charge is 0.394 e. The molecule has 4 atom stereocenters. The minimum atomic E-state index is -0.582. The molecule has 1 saturated carbocycles. The maximum absolute atomic E-state index is 9.63. The monoisotopic (exact) mass is 317 g/mol. The summed E-state index contributed by atoms with van der Waals surface area (Å²) in [5, 5.41) is 22.9. The fraction of sp³-hybridized carbons (Fsp3) is 1.00. The lowest BCUT2D eigenvalue weighted by Gasteiger charge is -2.43. The number of hydrogen-bond acceptors (Lipinski definition) is 4.